The second-order valence-corrected chi connectivity index (χ2v) is 7.43. The van der Waals surface area contributed by atoms with E-state index in [1.165, 1.54) is 24.2 Å². The maximum absolute atomic E-state index is 6.23. The molecule has 0 saturated heterocycles. The van der Waals surface area contributed by atoms with E-state index in [-0.39, 0.29) is 0 Å². The van der Waals surface area contributed by atoms with Crippen molar-refractivity contribution in [2.75, 3.05) is 0 Å². The number of hydrogen-bond acceptors (Lipinski definition) is 4. The summed E-state index contributed by atoms with van der Waals surface area (Å²) in [6, 6.07) is 5.52. The molecule has 0 aliphatic heterocycles. The van der Waals surface area contributed by atoms with E-state index in [0.29, 0.717) is 22.1 Å². The molecule has 0 spiro atoms. The van der Waals surface area contributed by atoms with Crippen LogP contribution in [-0.4, -0.2) is 11.1 Å². The molecular formula is C14H13BrClNO2S. The molecule has 1 aromatic heterocycles. The summed E-state index contributed by atoms with van der Waals surface area (Å²) >= 11 is 11.0. The van der Waals surface area contributed by atoms with Crippen LogP contribution >= 0.6 is 38.9 Å². The molecule has 3 rings (SSSR count). The van der Waals surface area contributed by atoms with Crippen LogP contribution in [0.2, 0.25) is 5.02 Å². The fourth-order valence-corrected chi connectivity index (χ4v) is 3.45. The minimum atomic E-state index is 0.327. The number of ether oxygens (including phenoxy) is 2. The molecule has 1 saturated carbocycles. The zero-order chi connectivity index (χ0) is 13.9. The quantitative estimate of drug-likeness (QED) is 0.690. The summed E-state index contributed by atoms with van der Waals surface area (Å²) < 4.78 is 12.5. The summed E-state index contributed by atoms with van der Waals surface area (Å²) in [6.45, 7) is 0. The molecule has 20 heavy (non-hydrogen) atoms. The van der Waals surface area contributed by atoms with Crippen molar-refractivity contribution in [2.45, 2.75) is 31.8 Å². The molecule has 1 heterocycles. The predicted molar refractivity (Wildman–Crippen MR) is 84.2 cm³/mol. The SMILES string of the molecule is Clc1cc(OC2CCCC2)ccc1Oc1ncc(Br)s1. The van der Waals surface area contributed by atoms with Crippen LogP contribution in [0.4, 0.5) is 0 Å². The molecule has 0 atom stereocenters. The van der Waals surface area contributed by atoms with E-state index in [1.54, 1.807) is 12.3 Å². The Kier molecular flexibility index (Phi) is 4.48. The van der Waals surface area contributed by atoms with Crippen LogP contribution in [0.3, 0.4) is 0 Å². The van der Waals surface area contributed by atoms with Crippen LogP contribution < -0.4 is 9.47 Å². The van der Waals surface area contributed by atoms with Gasteiger partial charge in [-0.25, -0.2) is 4.98 Å². The van der Waals surface area contributed by atoms with E-state index in [1.807, 2.05) is 12.1 Å². The molecule has 0 amide bonds. The van der Waals surface area contributed by atoms with Crippen molar-refractivity contribution in [2.24, 2.45) is 0 Å². The van der Waals surface area contributed by atoms with Crippen LogP contribution in [0.15, 0.2) is 28.2 Å². The molecule has 0 unspecified atom stereocenters. The minimum absolute atomic E-state index is 0.327. The van der Waals surface area contributed by atoms with Crippen molar-refractivity contribution in [3.8, 4) is 16.7 Å². The van der Waals surface area contributed by atoms with E-state index < -0.39 is 0 Å². The molecule has 106 valence electrons. The fourth-order valence-electron chi connectivity index (χ4n) is 2.22. The highest BCUT2D eigenvalue weighted by molar-refractivity contribution is 9.11. The summed E-state index contributed by atoms with van der Waals surface area (Å²) in [5.41, 5.74) is 0. The van der Waals surface area contributed by atoms with Crippen LogP contribution in [0.1, 0.15) is 25.7 Å². The third-order valence-electron chi connectivity index (χ3n) is 3.16. The number of benzene rings is 1. The van der Waals surface area contributed by atoms with Crippen molar-refractivity contribution in [1.82, 2.24) is 4.98 Å². The summed E-state index contributed by atoms with van der Waals surface area (Å²) in [7, 11) is 0. The number of aromatic nitrogens is 1. The van der Waals surface area contributed by atoms with Gasteiger partial charge in [-0.05, 0) is 53.7 Å². The fraction of sp³-hybridized carbons (Fsp3) is 0.357. The summed E-state index contributed by atoms with van der Waals surface area (Å²) in [5, 5.41) is 1.09. The third-order valence-corrected chi connectivity index (χ3v) is 4.81. The molecule has 2 aromatic rings. The van der Waals surface area contributed by atoms with Gasteiger partial charge in [-0.15, -0.1) is 0 Å². The van der Waals surface area contributed by atoms with Crippen LogP contribution in [0, 0.1) is 0 Å². The van der Waals surface area contributed by atoms with E-state index in [2.05, 4.69) is 20.9 Å². The molecule has 0 N–H and O–H groups in total. The second kappa shape index (κ2) is 6.33. The molecule has 6 heteroatoms. The molecule has 3 nitrogen and oxygen atoms in total. The minimum Gasteiger partial charge on any atom is -0.490 e. The topological polar surface area (TPSA) is 31.4 Å². The Labute approximate surface area is 135 Å². The second-order valence-electron chi connectivity index (χ2n) is 4.65. The van der Waals surface area contributed by atoms with E-state index in [4.69, 9.17) is 21.1 Å². The van der Waals surface area contributed by atoms with Gasteiger partial charge in [-0.1, -0.05) is 22.9 Å². The van der Waals surface area contributed by atoms with E-state index in [9.17, 15) is 0 Å². The molecule has 1 aromatic carbocycles. The first-order valence-electron chi connectivity index (χ1n) is 6.46. The lowest BCUT2D eigenvalue weighted by molar-refractivity contribution is 0.210. The number of rotatable bonds is 4. The standard InChI is InChI=1S/C14H13BrClNO2S/c15-13-8-17-14(20-13)19-12-6-5-10(7-11(12)16)18-9-3-1-2-4-9/h5-9H,1-4H2. The lowest BCUT2D eigenvalue weighted by Crippen LogP contribution is -2.10. The highest BCUT2D eigenvalue weighted by Gasteiger charge is 2.17. The Hall–Kier alpha value is -0.780. The normalized spacial score (nSPS) is 15.5. The van der Waals surface area contributed by atoms with Gasteiger partial charge in [-0.3, -0.25) is 0 Å². The summed E-state index contributed by atoms with van der Waals surface area (Å²) in [6.07, 6.45) is 6.78. The average molecular weight is 375 g/mol. The molecule has 1 aliphatic rings. The Balaban J connectivity index is 1.70. The lowest BCUT2D eigenvalue weighted by atomic mass is 10.3. The van der Waals surface area contributed by atoms with Crippen LogP contribution in [0.25, 0.3) is 0 Å². The lowest BCUT2D eigenvalue weighted by Gasteiger charge is -2.14. The highest BCUT2D eigenvalue weighted by Crippen LogP contribution is 2.36. The first-order valence-corrected chi connectivity index (χ1v) is 8.45. The Morgan fingerprint density at radius 2 is 2.10 bits per heavy atom. The monoisotopic (exact) mass is 373 g/mol. The maximum Gasteiger partial charge on any atom is 0.279 e. The largest absolute Gasteiger partial charge is 0.490 e. The van der Waals surface area contributed by atoms with Gasteiger partial charge in [0.1, 0.15) is 11.5 Å². The van der Waals surface area contributed by atoms with Gasteiger partial charge in [0.25, 0.3) is 5.19 Å². The van der Waals surface area contributed by atoms with Crippen molar-refractivity contribution in [3.05, 3.63) is 33.2 Å². The predicted octanol–water partition coefficient (Wildman–Crippen LogP) is 5.67. The van der Waals surface area contributed by atoms with Crippen molar-refractivity contribution >= 4 is 38.9 Å². The summed E-state index contributed by atoms with van der Waals surface area (Å²) in [5.74, 6) is 1.39. The zero-order valence-corrected chi connectivity index (χ0v) is 13.8. The number of halogens is 2. The van der Waals surface area contributed by atoms with Gasteiger partial charge in [-0.2, -0.15) is 0 Å². The van der Waals surface area contributed by atoms with Gasteiger partial charge in [0, 0.05) is 6.07 Å². The summed E-state index contributed by atoms with van der Waals surface area (Å²) in [4.78, 5) is 4.12. The van der Waals surface area contributed by atoms with Crippen LogP contribution in [0.5, 0.6) is 16.7 Å². The Morgan fingerprint density at radius 1 is 1.30 bits per heavy atom. The Morgan fingerprint density at radius 3 is 2.75 bits per heavy atom. The van der Waals surface area contributed by atoms with Gasteiger partial charge >= 0.3 is 0 Å². The third kappa shape index (κ3) is 3.45. The van der Waals surface area contributed by atoms with Crippen molar-refractivity contribution in [1.29, 1.82) is 0 Å². The zero-order valence-electron chi connectivity index (χ0n) is 10.6. The van der Waals surface area contributed by atoms with Gasteiger partial charge in [0.15, 0.2) is 0 Å². The highest BCUT2D eigenvalue weighted by atomic mass is 79.9. The van der Waals surface area contributed by atoms with Gasteiger partial charge < -0.3 is 9.47 Å². The first-order chi connectivity index (χ1) is 9.70. The number of thiazole rings is 1. The van der Waals surface area contributed by atoms with Crippen molar-refractivity contribution in [3.63, 3.8) is 0 Å². The molecule has 1 fully saturated rings. The molecule has 1 aliphatic carbocycles. The maximum atomic E-state index is 6.23. The van der Waals surface area contributed by atoms with Crippen molar-refractivity contribution < 1.29 is 9.47 Å². The van der Waals surface area contributed by atoms with E-state index >= 15 is 0 Å². The number of hydrogen-bond donors (Lipinski definition) is 0. The Bertz CT molecular complexity index is 599. The van der Waals surface area contributed by atoms with E-state index in [0.717, 1.165) is 22.4 Å². The molecular weight excluding hydrogens is 362 g/mol. The average Bonchev–Trinajstić information content (AvgIpc) is 3.05. The van der Waals surface area contributed by atoms with Gasteiger partial charge in [0.05, 0.1) is 21.1 Å². The smallest absolute Gasteiger partial charge is 0.279 e. The van der Waals surface area contributed by atoms with Crippen LogP contribution in [-0.2, 0) is 0 Å². The van der Waals surface area contributed by atoms with Gasteiger partial charge in [0.2, 0.25) is 0 Å². The molecule has 0 radical (unpaired) electrons. The first kappa shape index (κ1) is 14.2. The molecule has 0 bridgehead atoms. The number of nitrogens with zero attached hydrogens (tertiary/aromatic N) is 1.